The minimum absolute atomic E-state index is 0.285. The third-order valence-electron chi connectivity index (χ3n) is 4.55. The summed E-state index contributed by atoms with van der Waals surface area (Å²) in [4.78, 5) is 6.40. The molecule has 0 spiro atoms. The van der Waals surface area contributed by atoms with E-state index in [-0.39, 0.29) is 5.75 Å². The number of imidazole rings is 1. The molecule has 0 amide bonds. The summed E-state index contributed by atoms with van der Waals surface area (Å²) in [6, 6.07) is 5.61. The summed E-state index contributed by atoms with van der Waals surface area (Å²) in [5, 5.41) is 6.80. The molecule has 1 aliphatic heterocycles. The zero-order valence-electron chi connectivity index (χ0n) is 15.1. The minimum Gasteiger partial charge on any atom is -0.406 e. The lowest BCUT2D eigenvalue weighted by molar-refractivity contribution is -0.274. The van der Waals surface area contributed by atoms with E-state index in [0.717, 1.165) is 22.7 Å². The Hall–Kier alpha value is -3.49. The van der Waals surface area contributed by atoms with Crippen LogP contribution in [0.4, 0.5) is 18.9 Å². The van der Waals surface area contributed by atoms with Crippen LogP contribution >= 0.6 is 0 Å². The van der Waals surface area contributed by atoms with Gasteiger partial charge in [-0.1, -0.05) is 6.58 Å². The molecule has 0 bridgehead atoms. The van der Waals surface area contributed by atoms with E-state index in [4.69, 9.17) is 0 Å². The molecule has 0 unspecified atom stereocenters. The van der Waals surface area contributed by atoms with Crippen LogP contribution in [-0.4, -0.2) is 26.1 Å². The van der Waals surface area contributed by atoms with Crippen molar-refractivity contribution in [2.75, 3.05) is 4.90 Å². The van der Waals surface area contributed by atoms with Gasteiger partial charge >= 0.3 is 6.36 Å². The molecule has 144 valence electrons. The van der Waals surface area contributed by atoms with Crippen molar-refractivity contribution in [3.05, 3.63) is 72.2 Å². The van der Waals surface area contributed by atoms with Crippen molar-refractivity contribution >= 4 is 17.0 Å². The van der Waals surface area contributed by atoms with Crippen LogP contribution in [0.25, 0.3) is 11.3 Å². The summed E-state index contributed by atoms with van der Waals surface area (Å²) in [7, 11) is 1.92. The first kappa shape index (κ1) is 17.9. The van der Waals surface area contributed by atoms with Crippen molar-refractivity contribution in [3.8, 4) is 5.75 Å². The Morgan fingerprint density at radius 1 is 1.18 bits per heavy atom. The summed E-state index contributed by atoms with van der Waals surface area (Å²) >= 11 is 0. The van der Waals surface area contributed by atoms with Gasteiger partial charge in [0.25, 0.3) is 0 Å². The monoisotopic (exact) mass is 387 g/mol. The molecule has 1 aromatic carbocycles. The van der Waals surface area contributed by atoms with E-state index in [1.54, 1.807) is 17.3 Å². The predicted octanol–water partition coefficient (Wildman–Crippen LogP) is 4.23. The van der Waals surface area contributed by atoms with Gasteiger partial charge in [0.15, 0.2) is 0 Å². The predicted molar refractivity (Wildman–Crippen MR) is 98.2 cm³/mol. The number of hydrogen-bond acceptors (Lipinski definition) is 4. The van der Waals surface area contributed by atoms with Gasteiger partial charge < -0.3 is 14.2 Å². The molecular formula is C19H16F3N5O. The smallest absolute Gasteiger partial charge is 0.406 e. The van der Waals surface area contributed by atoms with Crippen LogP contribution in [0.1, 0.15) is 22.8 Å². The maximum atomic E-state index is 12.4. The standard InChI is InChI=1S/C19H16F3N5O/c1-11-17-18(26(3)12(2)25-17)16(13-8-23-24-9-13)10-27(11)14-4-6-15(7-5-14)28-19(20,21)22/h4-10H,1H2,2-3H3,(H,23,24). The number of aromatic nitrogens is 4. The van der Waals surface area contributed by atoms with Gasteiger partial charge in [-0.15, -0.1) is 13.2 Å². The number of fused-ring (bicyclic) bond motifs is 1. The number of hydrogen-bond donors (Lipinski definition) is 1. The van der Waals surface area contributed by atoms with Crippen LogP contribution in [0, 0.1) is 6.92 Å². The average molecular weight is 387 g/mol. The van der Waals surface area contributed by atoms with E-state index < -0.39 is 6.36 Å². The van der Waals surface area contributed by atoms with E-state index in [1.165, 1.54) is 24.3 Å². The highest BCUT2D eigenvalue weighted by Crippen LogP contribution is 2.39. The number of benzene rings is 1. The molecular weight excluding hydrogens is 371 g/mol. The summed E-state index contributed by atoms with van der Waals surface area (Å²) < 4.78 is 43.1. The van der Waals surface area contributed by atoms with Crippen molar-refractivity contribution in [1.82, 2.24) is 19.7 Å². The van der Waals surface area contributed by atoms with Crippen LogP contribution in [-0.2, 0) is 7.05 Å². The van der Waals surface area contributed by atoms with Crippen molar-refractivity contribution in [3.63, 3.8) is 0 Å². The second-order valence-corrected chi connectivity index (χ2v) is 6.30. The molecule has 1 aliphatic rings. The van der Waals surface area contributed by atoms with E-state index in [1.807, 2.05) is 24.7 Å². The highest BCUT2D eigenvalue weighted by Gasteiger charge is 2.31. The number of rotatable bonds is 3. The summed E-state index contributed by atoms with van der Waals surface area (Å²) in [6.07, 6.45) is 0.607. The molecule has 2 aromatic heterocycles. The van der Waals surface area contributed by atoms with Crippen molar-refractivity contribution < 1.29 is 17.9 Å². The molecule has 0 atom stereocenters. The molecule has 0 radical (unpaired) electrons. The first-order chi connectivity index (χ1) is 13.2. The largest absolute Gasteiger partial charge is 0.573 e. The summed E-state index contributed by atoms with van der Waals surface area (Å²) in [6.45, 7) is 6.03. The lowest BCUT2D eigenvalue weighted by Crippen LogP contribution is -2.21. The number of nitrogens with zero attached hydrogens (tertiary/aromatic N) is 4. The molecule has 6 nitrogen and oxygen atoms in total. The fraction of sp³-hybridized carbons (Fsp3) is 0.158. The van der Waals surface area contributed by atoms with E-state index in [9.17, 15) is 13.2 Å². The lowest BCUT2D eigenvalue weighted by Gasteiger charge is -2.28. The fourth-order valence-corrected chi connectivity index (χ4v) is 3.15. The maximum Gasteiger partial charge on any atom is 0.573 e. The van der Waals surface area contributed by atoms with Crippen molar-refractivity contribution in [2.45, 2.75) is 13.3 Å². The van der Waals surface area contributed by atoms with Crippen LogP contribution < -0.4 is 9.64 Å². The summed E-state index contributed by atoms with van der Waals surface area (Å²) in [5.74, 6) is 0.531. The number of ether oxygens (including phenoxy) is 1. The van der Waals surface area contributed by atoms with E-state index >= 15 is 0 Å². The molecule has 28 heavy (non-hydrogen) atoms. The van der Waals surface area contributed by atoms with Gasteiger partial charge in [-0.25, -0.2) is 4.98 Å². The van der Waals surface area contributed by atoms with Crippen LogP contribution in [0.15, 0.2) is 49.4 Å². The number of aromatic amines is 1. The Morgan fingerprint density at radius 2 is 1.89 bits per heavy atom. The van der Waals surface area contributed by atoms with Crippen LogP contribution in [0.3, 0.4) is 0 Å². The second kappa shape index (κ2) is 6.29. The molecule has 3 heterocycles. The highest BCUT2D eigenvalue weighted by molar-refractivity contribution is 5.95. The SMILES string of the molecule is C=C1c2nc(C)n(C)c2C(c2cn[nH]c2)=CN1c1ccc(OC(F)(F)F)cc1. The molecule has 0 saturated heterocycles. The Labute approximate surface area is 158 Å². The van der Waals surface area contributed by atoms with Crippen LogP contribution in [0.2, 0.25) is 0 Å². The Morgan fingerprint density at radius 3 is 2.50 bits per heavy atom. The summed E-state index contributed by atoms with van der Waals surface area (Å²) in [5.41, 5.74) is 4.59. The number of H-pyrrole nitrogens is 1. The van der Waals surface area contributed by atoms with Gasteiger partial charge in [0.2, 0.25) is 0 Å². The van der Waals surface area contributed by atoms with Crippen LogP contribution in [0.5, 0.6) is 5.75 Å². The molecule has 9 heteroatoms. The number of nitrogens with one attached hydrogen (secondary N) is 1. The number of alkyl halides is 3. The van der Waals surface area contributed by atoms with Gasteiger partial charge in [0.05, 0.1) is 17.6 Å². The normalized spacial score (nSPS) is 14.1. The van der Waals surface area contributed by atoms with Gasteiger partial charge in [0.1, 0.15) is 17.3 Å². The molecule has 3 aromatic rings. The highest BCUT2D eigenvalue weighted by atomic mass is 19.4. The van der Waals surface area contributed by atoms with Crippen molar-refractivity contribution in [2.24, 2.45) is 7.05 Å². The Balaban J connectivity index is 1.78. The third kappa shape index (κ3) is 3.04. The van der Waals surface area contributed by atoms with Crippen molar-refractivity contribution in [1.29, 1.82) is 0 Å². The van der Waals surface area contributed by atoms with Gasteiger partial charge in [-0.2, -0.15) is 5.10 Å². The van der Waals surface area contributed by atoms with Gasteiger partial charge in [-0.3, -0.25) is 5.10 Å². The molecule has 0 aliphatic carbocycles. The zero-order chi connectivity index (χ0) is 20.1. The first-order valence-electron chi connectivity index (χ1n) is 8.33. The van der Waals surface area contributed by atoms with E-state index in [2.05, 4.69) is 26.5 Å². The molecule has 4 rings (SSSR count). The first-order valence-corrected chi connectivity index (χ1v) is 8.33. The molecule has 1 N–H and O–H groups in total. The second-order valence-electron chi connectivity index (χ2n) is 6.30. The number of anilines is 1. The average Bonchev–Trinajstić information content (AvgIpc) is 3.25. The minimum atomic E-state index is -4.73. The van der Waals surface area contributed by atoms with Gasteiger partial charge in [0, 0.05) is 36.3 Å². The molecule has 0 fully saturated rings. The molecule has 0 saturated carbocycles. The number of aryl methyl sites for hydroxylation is 1. The van der Waals surface area contributed by atoms with E-state index in [0.29, 0.717) is 17.1 Å². The quantitative estimate of drug-likeness (QED) is 0.731. The Kier molecular flexibility index (Phi) is 4.02. The topological polar surface area (TPSA) is 59.0 Å². The lowest BCUT2D eigenvalue weighted by atomic mass is 10.00. The fourth-order valence-electron chi connectivity index (χ4n) is 3.15. The van der Waals surface area contributed by atoms with Gasteiger partial charge in [-0.05, 0) is 31.2 Å². The zero-order valence-corrected chi connectivity index (χ0v) is 15.1. The maximum absolute atomic E-state index is 12.4. The third-order valence-corrected chi connectivity index (χ3v) is 4.55. The Bertz CT molecular complexity index is 1060. The number of halogens is 3.